The predicted octanol–water partition coefficient (Wildman–Crippen LogP) is 0.0835. The van der Waals surface area contributed by atoms with Crippen LogP contribution in [0.4, 0.5) is 10.5 Å². The Hall–Kier alpha value is -5.82. The number of aliphatic hydroxyl groups excluding tert-OH is 5. The van der Waals surface area contributed by atoms with E-state index in [9.17, 15) is 70.1 Å². The molecule has 4 aliphatic rings. The van der Waals surface area contributed by atoms with Crippen LogP contribution in [0.15, 0.2) is 36.4 Å². The number of nitrogens with one attached hydrogen (secondary N) is 1. The molecule has 1 amide bonds. The van der Waals surface area contributed by atoms with Gasteiger partial charge in [-0.25, -0.2) is 4.79 Å². The Bertz CT molecular complexity index is 2350. The summed E-state index contributed by atoms with van der Waals surface area (Å²) in [6.07, 6.45) is -16.1. The van der Waals surface area contributed by atoms with Crippen molar-refractivity contribution in [3.63, 3.8) is 0 Å². The van der Waals surface area contributed by atoms with E-state index in [4.69, 9.17) is 28.4 Å². The number of carbonyl (C=O) groups excluding carboxylic acids is 4. The number of aromatic hydroxyl groups is 2. The van der Waals surface area contributed by atoms with Crippen LogP contribution in [0.1, 0.15) is 81.3 Å². The standard InChI is InChI=1S/C41H44N2O20/c1-15-31(46)20(42-40(54)59-14-17-7-8-22(21(9-17)43(56)57)62-39-38(53)37(52)34(49)25(13-44)63-39)10-26(60-15)61-24-12-41(55,16(2)45)11-19-28(24)36(51)30-29(33(19)48)32(47)18-5-4-6-23(58-3)27(18)35(30)50/h4-9,15,20,24-26,31,34,37-39,44,46,48-49,51-53,55H,10-14H2,1-3H3,(H,42,54)/t15-,20-,24-,25+,26-,31+,34-,37-,38+,39+,41+/m1/s1. The number of fused-ring (bicyclic) bond motifs is 3. The molecular weight excluding hydrogens is 840 g/mol. The smallest absolute Gasteiger partial charge is 0.407 e. The van der Waals surface area contributed by atoms with Gasteiger partial charge in [0.2, 0.25) is 12.1 Å². The molecule has 2 aliphatic heterocycles. The number of nitro groups is 1. The number of ether oxygens (including phenoxy) is 6. The molecule has 63 heavy (non-hydrogen) atoms. The maximum Gasteiger partial charge on any atom is 0.407 e. The molecule has 9 N–H and O–H groups in total. The highest BCUT2D eigenvalue weighted by Crippen LogP contribution is 2.52. The summed E-state index contributed by atoms with van der Waals surface area (Å²) < 4.78 is 33.4. The van der Waals surface area contributed by atoms with Gasteiger partial charge in [0.15, 0.2) is 23.6 Å². The number of methoxy groups -OCH3 is 1. The summed E-state index contributed by atoms with van der Waals surface area (Å²) in [5.74, 6) is -4.31. The van der Waals surface area contributed by atoms with Gasteiger partial charge in [0.05, 0.1) is 53.6 Å². The Balaban J connectivity index is 1.08. The second-order valence-electron chi connectivity index (χ2n) is 15.7. The summed E-state index contributed by atoms with van der Waals surface area (Å²) in [6.45, 7) is 1.23. The first-order valence-electron chi connectivity index (χ1n) is 19.6. The predicted molar refractivity (Wildman–Crippen MR) is 207 cm³/mol. The molecule has 0 unspecified atom stereocenters. The molecule has 3 aromatic carbocycles. The first-order chi connectivity index (χ1) is 29.8. The highest BCUT2D eigenvalue weighted by molar-refractivity contribution is 6.31. The molecule has 22 nitrogen and oxygen atoms in total. The molecular formula is C41H44N2O20. The van der Waals surface area contributed by atoms with Crippen LogP contribution in [0.3, 0.4) is 0 Å². The van der Waals surface area contributed by atoms with Crippen LogP contribution in [0.25, 0.3) is 0 Å². The molecule has 3 aromatic rings. The van der Waals surface area contributed by atoms with E-state index in [1.807, 2.05) is 0 Å². The lowest BCUT2D eigenvalue weighted by Gasteiger charge is -2.42. The second kappa shape index (κ2) is 17.4. The van der Waals surface area contributed by atoms with Gasteiger partial charge < -0.3 is 74.6 Å². The SMILES string of the molecule is COc1cccc2c1C(=O)c1c(O)c3c(c(O)c1C2=O)C[C@@](O)(C(C)=O)C[C@H]3O[C@@H]1C[C@@H](NC(=O)OCc2ccc(O[C@H]3O[C@@H](CO)[C@@H](O)[C@@H](O)[C@@H]3O)c([N+](=O)[O-])c2)[C@@H](O)[C@@H](C)O1. The molecule has 0 spiro atoms. The highest BCUT2D eigenvalue weighted by atomic mass is 16.7. The van der Waals surface area contributed by atoms with E-state index in [0.717, 1.165) is 19.1 Å². The number of carbonyl (C=O) groups is 4. The topological polar surface area (TPSA) is 341 Å². The van der Waals surface area contributed by atoms with E-state index in [1.165, 1.54) is 38.3 Å². The molecule has 11 atom stereocenters. The van der Waals surface area contributed by atoms with E-state index in [2.05, 4.69) is 5.32 Å². The van der Waals surface area contributed by atoms with E-state index in [0.29, 0.717) is 0 Å². The van der Waals surface area contributed by atoms with Crippen molar-refractivity contribution in [3.8, 4) is 23.0 Å². The second-order valence-corrected chi connectivity index (χ2v) is 15.7. The van der Waals surface area contributed by atoms with Crippen LogP contribution < -0.4 is 14.8 Å². The average molecular weight is 885 g/mol. The number of alkyl carbamates (subject to hydrolysis) is 1. The Morgan fingerprint density at radius 3 is 2.33 bits per heavy atom. The van der Waals surface area contributed by atoms with Gasteiger partial charge in [0.1, 0.15) is 60.0 Å². The van der Waals surface area contributed by atoms with Crippen molar-refractivity contribution in [3.05, 3.63) is 85.5 Å². The molecule has 2 heterocycles. The van der Waals surface area contributed by atoms with Crippen LogP contribution in [0, 0.1) is 10.1 Å². The van der Waals surface area contributed by atoms with Gasteiger partial charge in [-0.2, -0.15) is 0 Å². The zero-order valence-electron chi connectivity index (χ0n) is 33.7. The number of hydrogen-bond acceptors (Lipinski definition) is 20. The first kappa shape index (κ1) is 45.2. The highest BCUT2D eigenvalue weighted by Gasteiger charge is 2.50. The molecule has 22 heteroatoms. The largest absolute Gasteiger partial charge is 0.507 e. The fourth-order valence-electron chi connectivity index (χ4n) is 8.29. The van der Waals surface area contributed by atoms with Crippen molar-refractivity contribution in [2.75, 3.05) is 13.7 Å². The molecule has 2 aliphatic carbocycles. The first-order valence-corrected chi connectivity index (χ1v) is 19.6. The summed E-state index contributed by atoms with van der Waals surface area (Å²) >= 11 is 0. The monoisotopic (exact) mass is 884 g/mol. The third-order valence-electron chi connectivity index (χ3n) is 11.7. The molecule has 338 valence electrons. The number of phenolic OH excluding ortho intramolecular Hbond substituents is 2. The quantitative estimate of drug-likeness (QED) is 0.0547. The number of ketones is 3. The Kier molecular flexibility index (Phi) is 12.5. The minimum atomic E-state index is -2.20. The van der Waals surface area contributed by atoms with Gasteiger partial charge >= 0.3 is 11.8 Å². The maximum atomic E-state index is 14.0. The van der Waals surface area contributed by atoms with Crippen molar-refractivity contribution in [1.29, 1.82) is 0 Å². The Morgan fingerprint density at radius 2 is 1.67 bits per heavy atom. The number of hydrogen-bond donors (Lipinski definition) is 9. The molecule has 2 fully saturated rings. The number of amides is 1. The van der Waals surface area contributed by atoms with Crippen LogP contribution in [0.5, 0.6) is 23.0 Å². The average Bonchev–Trinajstić information content (AvgIpc) is 3.24. The van der Waals surface area contributed by atoms with Crippen LogP contribution in [-0.4, -0.2) is 144 Å². The van der Waals surface area contributed by atoms with Crippen molar-refractivity contribution in [2.24, 2.45) is 0 Å². The minimum Gasteiger partial charge on any atom is -0.507 e. The van der Waals surface area contributed by atoms with Gasteiger partial charge in [-0.05, 0) is 31.5 Å². The van der Waals surface area contributed by atoms with Crippen molar-refractivity contribution < 1.29 is 93.4 Å². The normalized spacial score (nSPS) is 30.0. The molecule has 2 saturated heterocycles. The van der Waals surface area contributed by atoms with Gasteiger partial charge in [-0.3, -0.25) is 24.5 Å². The number of rotatable bonds is 11. The van der Waals surface area contributed by atoms with Crippen LogP contribution in [-0.2, 0) is 36.8 Å². The zero-order valence-corrected chi connectivity index (χ0v) is 33.7. The van der Waals surface area contributed by atoms with Crippen molar-refractivity contribution >= 4 is 29.1 Å². The maximum absolute atomic E-state index is 14.0. The third-order valence-corrected chi connectivity index (χ3v) is 11.7. The van der Waals surface area contributed by atoms with Crippen molar-refractivity contribution in [1.82, 2.24) is 5.32 Å². The summed E-state index contributed by atoms with van der Waals surface area (Å²) in [5, 5.41) is 100. The van der Waals surface area contributed by atoms with Crippen LogP contribution >= 0.6 is 0 Å². The fourth-order valence-corrected chi connectivity index (χ4v) is 8.29. The number of benzene rings is 3. The van der Waals surface area contributed by atoms with E-state index in [-0.39, 0.29) is 40.0 Å². The Morgan fingerprint density at radius 1 is 0.952 bits per heavy atom. The lowest BCUT2D eigenvalue weighted by atomic mass is 9.72. The third kappa shape index (κ3) is 8.16. The van der Waals surface area contributed by atoms with E-state index in [1.54, 1.807) is 0 Å². The van der Waals surface area contributed by atoms with Crippen molar-refractivity contribution in [2.45, 2.75) is 107 Å². The number of nitrogens with zero attached hydrogens (tertiary/aromatic N) is 1. The Labute approximate surface area is 356 Å². The lowest BCUT2D eigenvalue weighted by molar-refractivity contribution is -0.387. The summed E-state index contributed by atoms with van der Waals surface area (Å²) in [7, 11) is 1.28. The van der Waals surface area contributed by atoms with Gasteiger partial charge in [0, 0.05) is 42.0 Å². The van der Waals surface area contributed by atoms with E-state index >= 15 is 0 Å². The molecule has 0 aromatic heterocycles. The summed E-state index contributed by atoms with van der Waals surface area (Å²) in [6, 6.07) is 6.49. The number of Topliss-reactive ketones (excluding diaryl/α,β-unsaturated/α-hetero) is 1. The summed E-state index contributed by atoms with van der Waals surface area (Å²) in [4.78, 5) is 64.7. The zero-order chi connectivity index (χ0) is 45.8. The molecule has 0 saturated carbocycles. The number of phenols is 2. The molecule has 0 bridgehead atoms. The van der Waals surface area contributed by atoms with Gasteiger partial charge in [-0.1, -0.05) is 18.2 Å². The lowest BCUT2D eigenvalue weighted by Crippen LogP contribution is -2.60. The fraction of sp³-hybridized carbons (Fsp3) is 0.463. The molecule has 7 rings (SSSR count). The molecule has 0 radical (unpaired) electrons. The van der Waals surface area contributed by atoms with Gasteiger partial charge in [0.25, 0.3) is 0 Å². The van der Waals surface area contributed by atoms with E-state index < -0.39 is 155 Å². The van der Waals surface area contributed by atoms with Gasteiger partial charge in [-0.15, -0.1) is 0 Å². The number of aliphatic hydroxyl groups is 6. The minimum absolute atomic E-state index is 0.0334. The number of nitro benzene ring substituents is 1. The summed E-state index contributed by atoms with van der Waals surface area (Å²) in [5.41, 5.74) is -4.56. The van der Waals surface area contributed by atoms with Crippen LogP contribution in [0.2, 0.25) is 0 Å².